The minimum Gasteiger partial charge on any atom is -0.390 e. The van der Waals surface area contributed by atoms with Crippen molar-refractivity contribution in [2.75, 3.05) is 24.6 Å². The van der Waals surface area contributed by atoms with Gasteiger partial charge in [-0.25, -0.2) is 4.79 Å². The van der Waals surface area contributed by atoms with Crippen LogP contribution in [0.5, 0.6) is 0 Å². The molecule has 0 aliphatic carbocycles. The van der Waals surface area contributed by atoms with Crippen LogP contribution >= 0.6 is 11.8 Å². The monoisotopic (exact) mass is 282 g/mol. The summed E-state index contributed by atoms with van der Waals surface area (Å²) in [5.74, 6) is 1.96. The van der Waals surface area contributed by atoms with Crippen molar-refractivity contribution < 1.29 is 14.5 Å². The molecule has 0 spiro atoms. The second-order valence-electron chi connectivity index (χ2n) is 4.03. The van der Waals surface area contributed by atoms with Crippen LogP contribution in [0.2, 0.25) is 0 Å². The van der Waals surface area contributed by atoms with E-state index >= 15 is 0 Å². The third kappa shape index (κ3) is 3.68. The molecule has 1 N–H and O–H groups in total. The van der Waals surface area contributed by atoms with Crippen molar-refractivity contribution in [3.8, 4) is 0 Å². The molecule has 2 bridgehead atoms. The summed E-state index contributed by atoms with van der Waals surface area (Å²) in [6, 6.07) is 6.07. The molecule has 102 valence electrons. The number of carbonyl (C=O) groups is 1. The number of ether oxygens (including phenoxy) is 1. The Morgan fingerprint density at radius 3 is 2.32 bits per heavy atom. The summed E-state index contributed by atoms with van der Waals surface area (Å²) in [5, 5.41) is 13.7. The van der Waals surface area contributed by atoms with Gasteiger partial charge in [0, 0.05) is 24.6 Å². The van der Waals surface area contributed by atoms with E-state index in [1.54, 1.807) is 0 Å². The molecule has 1 atom stereocenters. The van der Waals surface area contributed by atoms with Crippen molar-refractivity contribution in [3.05, 3.63) is 45.5 Å². The summed E-state index contributed by atoms with van der Waals surface area (Å²) in [4.78, 5) is 20.9. The van der Waals surface area contributed by atoms with Gasteiger partial charge in [-0.1, -0.05) is 0 Å². The van der Waals surface area contributed by atoms with E-state index in [0.29, 0.717) is 11.1 Å². The van der Waals surface area contributed by atoms with Crippen LogP contribution in [-0.4, -0.2) is 35.5 Å². The van der Waals surface area contributed by atoms with E-state index < -0.39 is 17.1 Å². The zero-order valence-corrected chi connectivity index (χ0v) is 11.0. The van der Waals surface area contributed by atoms with Crippen molar-refractivity contribution in [1.29, 1.82) is 0 Å². The molecule has 0 radical (unpaired) electrons. The van der Waals surface area contributed by atoms with Crippen molar-refractivity contribution in [2.24, 2.45) is 0 Å². The van der Waals surface area contributed by atoms with Gasteiger partial charge in [0.05, 0.1) is 16.1 Å². The minimum absolute atomic E-state index is 0.341. The van der Waals surface area contributed by atoms with E-state index in [9.17, 15) is 14.9 Å². The summed E-state index contributed by atoms with van der Waals surface area (Å²) < 4.78 is 4.62. The second-order valence-corrected chi connectivity index (χ2v) is 5.25. The smallest absolute Gasteiger partial charge is 0.383 e. The standard InChI is InChI=1S/C8H5NO4.C4H9NS/c10-8-6-3-1-5(2-4-6)7(13-8)9(11)12;1-3-6-4-2-5-1/h1-4,7H;5H,1-4H2. The largest absolute Gasteiger partial charge is 0.390 e. The normalized spacial score (nSPS) is 20.8. The number of rotatable bonds is 1. The Balaban J connectivity index is 0.000000186. The maximum absolute atomic E-state index is 11.1. The molecule has 6 nitrogen and oxygen atoms in total. The molecular formula is C12H14N2O4S. The highest BCUT2D eigenvalue weighted by Gasteiger charge is 2.30. The average molecular weight is 282 g/mol. The topological polar surface area (TPSA) is 81.5 Å². The lowest BCUT2D eigenvalue weighted by Gasteiger charge is -2.08. The third-order valence-electron chi connectivity index (χ3n) is 2.69. The van der Waals surface area contributed by atoms with E-state index in [-0.39, 0.29) is 0 Å². The number of carbonyl (C=O) groups excluding carboxylic acids is 1. The predicted octanol–water partition coefficient (Wildman–Crippen LogP) is 1.46. The van der Waals surface area contributed by atoms with Crippen molar-refractivity contribution >= 4 is 17.7 Å². The first-order chi connectivity index (χ1) is 9.18. The van der Waals surface area contributed by atoms with E-state index in [1.165, 1.54) is 48.9 Å². The molecule has 0 amide bonds. The molecule has 19 heavy (non-hydrogen) atoms. The van der Waals surface area contributed by atoms with Gasteiger partial charge in [0.1, 0.15) is 0 Å². The maximum Gasteiger partial charge on any atom is 0.383 e. The summed E-state index contributed by atoms with van der Waals surface area (Å²) in [5.41, 5.74) is 0.729. The van der Waals surface area contributed by atoms with E-state index in [1.807, 2.05) is 11.8 Å². The molecule has 7 heteroatoms. The summed E-state index contributed by atoms with van der Waals surface area (Å²) in [6.07, 6.45) is -1.36. The number of hydrogen-bond donors (Lipinski definition) is 1. The first-order valence-electron chi connectivity index (χ1n) is 5.91. The average Bonchev–Trinajstić information content (AvgIpc) is 2.71. The fourth-order valence-corrected chi connectivity index (χ4v) is 2.48. The fraction of sp³-hybridized carbons (Fsp3) is 0.417. The van der Waals surface area contributed by atoms with Crippen LogP contribution < -0.4 is 5.32 Å². The third-order valence-corrected chi connectivity index (χ3v) is 3.67. The van der Waals surface area contributed by atoms with Gasteiger partial charge in [0.15, 0.2) is 0 Å². The minimum atomic E-state index is -1.36. The van der Waals surface area contributed by atoms with E-state index in [2.05, 4.69) is 10.1 Å². The highest BCUT2D eigenvalue weighted by molar-refractivity contribution is 7.99. The molecule has 1 aromatic rings. The Labute approximate surface area is 114 Å². The summed E-state index contributed by atoms with van der Waals surface area (Å²) in [6.45, 7) is 2.43. The van der Waals surface area contributed by atoms with Gasteiger partial charge in [-0.15, -0.1) is 0 Å². The van der Waals surface area contributed by atoms with E-state index in [0.717, 1.165) is 0 Å². The number of fused-ring (bicyclic) bond motifs is 4. The van der Waals surface area contributed by atoms with Crippen LogP contribution in [0.15, 0.2) is 24.3 Å². The van der Waals surface area contributed by atoms with Gasteiger partial charge < -0.3 is 10.1 Å². The quantitative estimate of drug-likeness (QED) is 0.477. The van der Waals surface area contributed by atoms with Gasteiger partial charge in [-0.3, -0.25) is 10.1 Å². The van der Waals surface area contributed by atoms with Crippen LogP contribution in [0.4, 0.5) is 0 Å². The van der Waals surface area contributed by atoms with E-state index in [4.69, 9.17) is 0 Å². The Kier molecular flexibility index (Phi) is 4.75. The second kappa shape index (κ2) is 6.53. The van der Waals surface area contributed by atoms with Crippen molar-refractivity contribution in [1.82, 2.24) is 5.32 Å². The first-order valence-corrected chi connectivity index (χ1v) is 7.07. The summed E-state index contributed by atoms with van der Waals surface area (Å²) >= 11 is 2.03. The van der Waals surface area contributed by atoms with Gasteiger partial charge >= 0.3 is 12.2 Å². The number of thioether (sulfide) groups is 1. The molecule has 1 fully saturated rings. The number of nitrogens with one attached hydrogen (secondary N) is 1. The van der Waals surface area contributed by atoms with Crippen molar-refractivity contribution in [2.45, 2.75) is 6.23 Å². The van der Waals surface area contributed by atoms with Crippen LogP contribution in [0.25, 0.3) is 0 Å². The Morgan fingerprint density at radius 1 is 1.26 bits per heavy atom. The van der Waals surface area contributed by atoms with Crippen LogP contribution in [0.1, 0.15) is 22.1 Å². The number of esters is 1. The zero-order valence-electron chi connectivity index (χ0n) is 10.2. The predicted molar refractivity (Wildman–Crippen MR) is 71.8 cm³/mol. The number of benzene rings is 1. The first kappa shape index (κ1) is 13.8. The zero-order chi connectivity index (χ0) is 13.7. The fourth-order valence-electron chi connectivity index (χ4n) is 1.70. The maximum atomic E-state index is 11.1. The van der Waals surface area contributed by atoms with Crippen LogP contribution in [0, 0.1) is 10.1 Å². The molecule has 3 aliphatic rings. The molecule has 3 heterocycles. The Bertz CT molecular complexity index is 448. The highest BCUT2D eigenvalue weighted by atomic mass is 32.2. The Morgan fingerprint density at radius 2 is 1.89 bits per heavy atom. The summed E-state index contributed by atoms with van der Waals surface area (Å²) in [7, 11) is 0. The molecule has 1 saturated heterocycles. The molecule has 0 saturated carbocycles. The number of hydrogen-bond acceptors (Lipinski definition) is 6. The molecule has 0 aromatic heterocycles. The lowest BCUT2D eigenvalue weighted by molar-refractivity contribution is -0.574. The lowest BCUT2D eigenvalue weighted by atomic mass is 10.1. The SMILES string of the molecule is C1CSCCN1.O=C1OC([N+](=O)[O-])c2ccc1cc2. The molecule has 3 aliphatic heterocycles. The number of nitrogens with zero attached hydrogens (tertiary/aromatic N) is 1. The van der Waals surface area contributed by atoms with Gasteiger partial charge in [-0.05, 0) is 24.3 Å². The van der Waals surface area contributed by atoms with Crippen LogP contribution in [-0.2, 0) is 4.74 Å². The molecule has 1 unspecified atom stereocenters. The van der Waals surface area contributed by atoms with Gasteiger partial charge in [-0.2, -0.15) is 11.8 Å². The van der Waals surface area contributed by atoms with Gasteiger partial charge in [0.2, 0.25) is 0 Å². The Hall–Kier alpha value is -1.60. The van der Waals surface area contributed by atoms with Gasteiger partial charge in [0.25, 0.3) is 0 Å². The molecule has 1 aromatic carbocycles. The van der Waals surface area contributed by atoms with Crippen molar-refractivity contribution in [3.63, 3.8) is 0 Å². The molecular weight excluding hydrogens is 268 g/mol. The van der Waals surface area contributed by atoms with Crippen LogP contribution in [0.3, 0.4) is 0 Å². The highest BCUT2D eigenvalue weighted by Crippen LogP contribution is 2.24. The lowest BCUT2D eigenvalue weighted by Crippen LogP contribution is -2.24. The number of nitro groups is 1. The molecule has 4 rings (SSSR count).